The number of rotatable bonds is 5. The van der Waals surface area contributed by atoms with Crippen LogP contribution in [-0.2, 0) is 20.0 Å². The van der Waals surface area contributed by atoms with Crippen LogP contribution in [-0.4, -0.2) is 46.4 Å². The standard InChI is InChI=1S/C17H23F3N2O4S2/c18-17(19,20)13-3-5-14(6-4-13)21-27(23,24)15-7-9-16(10-8-15)28(25,26)22-11-1-2-12-22/h7-10,13-14,21H,1-6,11-12H2. The highest BCUT2D eigenvalue weighted by atomic mass is 32.2. The molecule has 1 heterocycles. The molecule has 1 aromatic rings. The molecule has 0 spiro atoms. The number of nitrogens with zero attached hydrogens (tertiary/aromatic N) is 1. The van der Waals surface area contributed by atoms with Crippen molar-refractivity contribution >= 4 is 20.0 Å². The number of benzene rings is 1. The summed E-state index contributed by atoms with van der Waals surface area (Å²) in [6.45, 7) is 0.898. The van der Waals surface area contributed by atoms with E-state index in [0.717, 1.165) is 12.8 Å². The lowest BCUT2D eigenvalue weighted by Gasteiger charge is -2.30. The maximum atomic E-state index is 12.7. The minimum Gasteiger partial charge on any atom is -0.208 e. The summed E-state index contributed by atoms with van der Waals surface area (Å²) in [6, 6.07) is 4.38. The van der Waals surface area contributed by atoms with E-state index >= 15 is 0 Å². The quantitative estimate of drug-likeness (QED) is 0.763. The second-order valence-corrected chi connectivity index (χ2v) is 10.9. The highest BCUT2D eigenvalue weighted by Gasteiger charge is 2.42. The molecular weight excluding hydrogens is 417 g/mol. The van der Waals surface area contributed by atoms with Gasteiger partial charge < -0.3 is 0 Å². The largest absolute Gasteiger partial charge is 0.391 e. The molecule has 0 unspecified atom stereocenters. The summed E-state index contributed by atoms with van der Waals surface area (Å²) in [5, 5.41) is 0. The molecular formula is C17H23F3N2O4S2. The van der Waals surface area contributed by atoms with Crippen molar-refractivity contribution in [1.29, 1.82) is 0 Å². The third-order valence-electron chi connectivity index (χ3n) is 5.35. The maximum Gasteiger partial charge on any atom is 0.391 e. The second kappa shape index (κ2) is 7.92. The van der Waals surface area contributed by atoms with Crippen LogP contribution in [0.25, 0.3) is 0 Å². The SMILES string of the molecule is O=S(=O)(NC1CCC(C(F)(F)F)CC1)c1ccc(S(=O)(=O)N2CCCC2)cc1. The van der Waals surface area contributed by atoms with Gasteiger partial charge in [0.15, 0.2) is 0 Å². The number of nitrogens with one attached hydrogen (secondary N) is 1. The molecule has 1 aromatic carbocycles. The highest BCUT2D eigenvalue weighted by Crippen LogP contribution is 2.37. The average Bonchev–Trinajstić information content (AvgIpc) is 3.17. The van der Waals surface area contributed by atoms with Crippen molar-refractivity contribution in [1.82, 2.24) is 9.03 Å². The Morgan fingerprint density at radius 3 is 1.86 bits per heavy atom. The Morgan fingerprint density at radius 2 is 1.36 bits per heavy atom. The molecule has 28 heavy (non-hydrogen) atoms. The highest BCUT2D eigenvalue weighted by molar-refractivity contribution is 7.89. The Hall–Kier alpha value is -1.17. The van der Waals surface area contributed by atoms with Crippen molar-refractivity contribution in [2.24, 2.45) is 5.92 Å². The molecule has 0 amide bonds. The van der Waals surface area contributed by atoms with Crippen LogP contribution in [0.4, 0.5) is 13.2 Å². The molecule has 1 aliphatic carbocycles. The number of hydrogen-bond donors (Lipinski definition) is 1. The Labute approximate surface area is 163 Å². The zero-order chi connectivity index (χ0) is 20.6. The number of hydrogen-bond acceptors (Lipinski definition) is 4. The van der Waals surface area contributed by atoms with Gasteiger partial charge in [-0.15, -0.1) is 0 Å². The smallest absolute Gasteiger partial charge is 0.208 e. The van der Waals surface area contributed by atoms with E-state index in [1.807, 2.05) is 0 Å². The first kappa shape index (κ1) is 21.5. The lowest BCUT2D eigenvalue weighted by Crippen LogP contribution is -2.40. The lowest BCUT2D eigenvalue weighted by molar-refractivity contribution is -0.182. The van der Waals surface area contributed by atoms with E-state index in [2.05, 4.69) is 4.72 Å². The third kappa shape index (κ3) is 4.69. The Kier molecular flexibility index (Phi) is 6.09. The van der Waals surface area contributed by atoms with Crippen LogP contribution in [0, 0.1) is 5.92 Å². The van der Waals surface area contributed by atoms with Crippen LogP contribution >= 0.6 is 0 Å². The Morgan fingerprint density at radius 1 is 0.857 bits per heavy atom. The fourth-order valence-corrected chi connectivity index (χ4v) is 6.52. The van der Waals surface area contributed by atoms with Crippen LogP contribution in [0.3, 0.4) is 0 Å². The normalized spacial score (nSPS) is 25.1. The molecule has 158 valence electrons. The minimum atomic E-state index is -4.25. The molecule has 2 fully saturated rings. The monoisotopic (exact) mass is 440 g/mol. The van der Waals surface area contributed by atoms with Gasteiger partial charge in [-0.05, 0) is 62.8 Å². The lowest BCUT2D eigenvalue weighted by atomic mass is 9.86. The molecule has 1 saturated heterocycles. The zero-order valence-electron chi connectivity index (χ0n) is 15.2. The van der Waals surface area contributed by atoms with Gasteiger partial charge in [0.05, 0.1) is 15.7 Å². The van der Waals surface area contributed by atoms with Crippen LogP contribution in [0.1, 0.15) is 38.5 Å². The van der Waals surface area contributed by atoms with E-state index in [4.69, 9.17) is 0 Å². The van der Waals surface area contributed by atoms with Crippen molar-refractivity contribution in [3.8, 4) is 0 Å². The van der Waals surface area contributed by atoms with E-state index in [1.54, 1.807) is 0 Å². The van der Waals surface area contributed by atoms with Gasteiger partial charge in [0, 0.05) is 19.1 Å². The van der Waals surface area contributed by atoms with E-state index in [0.29, 0.717) is 13.1 Å². The van der Waals surface area contributed by atoms with Gasteiger partial charge >= 0.3 is 6.18 Å². The summed E-state index contributed by atoms with van der Waals surface area (Å²) in [5.41, 5.74) is 0. The van der Waals surface area contributed by atoms with Crippen molar-refractivity contribution in [2.75, 3.05) is 13.1 Å². The molecule has 1 aliphatic heterocycles. The Bertz CT molecular complexity index is 885. The van der Waals surface area contributed by atoms with Gasteiger partial charge in [0.25, 0.3) is 0 Å². The van der Waals surface area contributed by atoms with E-state index in [9.17, 15) is 30.0 Å². The van der Waals surface area contributed by atoms with Gasteiger partial charge in [-0.2, -0.15) is 17.5 Å². The van der Waals surface area contributed by atoms with Gasteiger partial charge in [-0.1, -0.05) is 0 Å². The molecule has 6 nitrogen and oxygen atoms in total. The summed E-state index contributed by atoms with van der Waals surface area (Å²) in [5.74, 6) is -1.39. The van der Waals surface area contributed by atoms with Crippen molar-refractivity contribution in [3.05, 3.63) is 24.3 Å². The molecule has 1 saturated carbocycles. The molecule has 0 radical (unpaired) electrons. The fraction of sp³-hybridized carbons (Fsp3) is 0.647. The number of alkyl halides is 3. The van der Waals surface area contributed by atoms with Gasteiger partial charge in [0.2, 0.25) is 20.0 Å². The first-order valence-corrected chi connectivity index (χ1v) is 12.1. The summed E-state index contributed by atoms with van der Waals surface area (Å²) in [6.07, 6.45) is -2.64. The summed E-state index contributed by atoms with van der Waals surface area (Å²) in [7, 11) is -7.57. The molecule has 3 rings (SSSR count). The molecule has 0 aromatic heterocycles. The predicted molar refractivity (Wildman–Crippen MR) is 96.6 cm³/mol. The molecule has 1 N–H and O–H groups in total. The minimum absolute atomic E-state index is 0.0269. The van der Waals surface area contributed by atoms with Crippen LogP contribution in [0.5, 0.6) is 0 Å². The van der Waals surface area contributed by atoms with Crippen molar-refractivity contribution < 1.29 is 30.0 Å². The van der Waals surface area contributed by atoms with Gasteiger partial charge in [0.1, 0.15) is 0 Å². The van der Waals surface area contributed by atoms with Crippen LogP contribution < -0.4 is 4.72 Å². The van der Waals surface area contributed by atoms with Crippen LogP contribution in [0.2, 0.25) is 0 Å². The number of sulfonamides is 2. The summed E-state index contributed by atoms with van der Waals surface area (Å²) >= 11 is 0. The van der Waals surface area contributed by atoms with Crippen molar-refractivity contribution in [2.45, 2.75) is 60.5 Å². The van der Waals surface area contributed by atoms with E-state index < -0.39 is 38.2 Å². The average molecular weight is 441 g/mol. The van der Waals surface area contributed by atoms with Crippen molar-refractivity contribution in [3.63, 3.8) is 0 Å². The molecule has 0 atom stereocenters. The molecule has 0 bridgehead atoms. The van der Waals surface area contributed by atoms with Gasteiger partial charge in [-0.25, -0.2) is 21.6 Å². The topological polar surface area (TPSA) is 83.5 Å². The number of halogens is 3. The second-order valence-electron chi connectivity index (χ2n) is 7.29. The fourth-order valence-electron chi connectivity index (χ4n) is 3.69. The summed E-state index contributed by atoms with van der Waals surface area (Å²) < 4.78 is 92.0. The summed E-state index contributed by atoms with van der Waals surface area (Å²) in [4.78, 5) is -0.0788. The van der Waals surface area contributed by atoms with Gasteiger partial charge in [-0.3, -0.25) is 0 Å². The third-order valence-corrected chi connectivity index (χ3v) is 8.80. The van der Waals surface area contributed by atoms with Crippen LogP contribution in [0.15, 0.2) is 34.1 Å². The van der Waals surface area contributed by atoms with E-state index in [1.165, 1.54) is 28.6 Å². The first-order valence-electron chi connectivity index (χ1n) is 9.19. The zero-order valence-corrected chi connectivity index (χ0v) is 16.8. The van der Waals surface area contributed by atoms with E-state index in [-0.39, 0.29) is 35.5 Å². The maximum absolute atomic E-state index is 12.7. The first-order chi connectivity index (χ1) is 13.0. The predicted octanol–water partition coefficient (Wildman–Crippen LogP) is 2.87. The molecule has 2 aliphatic rings. The Balaban J connectivity index is 1.66. The molecule has 11 heteroatoms.